The number of allylic oxidation sites excluding steroid dienone is 2. The molecule has 0 bridgehead atoms. The van der Waals surface area contributed by atoms with Crippen LogP contribution in [0, 0.1) is 11.7 Å². The quantitative estimate of drug-likeness (QED) is 0.677. The second kappa shape index (κ2) is 3.37. The first-order valence-electron chi connectivity index (χ1n) is 5.87. The van der Waals surface area contributed by atoms with Crippen molar-refractivity contribution < 1.29 is 4.39 Å². The largest absolute Gasteiger partial charge is 0.238 e. The molecule has 16 heavy (non-hydrogen) atoms. The van der Waals surface area contributed by atoms with Gasteiger partial charge in [-0.15, -0.1) is 0 Å². The predicted molar refractivity (Wildman–Crippen MR) is 59.4 cm³/mol. The summed E-state index contributed by atoms with van der Waals surface area (Å²) in [5.41, 5.74) is 1.74. The van der Waals surface area contributed by atoms with Crippen LogP contribution in [0.3, 0.4) is 0 Å². The van der Waals surface area contributed by atoms with Crippen LogP contribution in [0.15, 0.2) is 24.0 Å². The van der Waals surface area contributed by atoms with Crippen molar-refractivity contribution in [3.8, 4) is 0 Å². The molecule has 2 fully saturated rings. The zero-order valence-corrected chi connectivity index (χ0v) is 9.41. The highest BCUT2D eigenvalue weighted by Crippen LogP contribution is 2.62. The summed E-state index contributed by atoms with van der Waals surface area (Å²) in [6, 6.07) is 0. The van der Waals surface area contributed by atoms with Crippen LogP contribution >= 0.6 is 0 Å². The molecule has 1 aromatic rings. The van der Waals surface area contributed by atoms with Gasteiger partial charge in [-0.3, -0.25) is 0 Å². The summed E-state index contributed by atoms with van der Waals surface area (Å²) in [6.07, 6.45) is 9.44. The normalized spacial score (nSPS) is 34.9. The SMILES string of the molecule is C/C=C1\CCC2(c3ncc(F)cn3)CC2C1. The van der Waals surface area contributed by atoms with Crippen molar-refractivity contribution in [2.75, 3.05) is 0 Å². The molecule has 1 heterocycles. The Bertz CT molecular complexity index is 438. The summed E-state index contributed by atoms with van der Waals surface area (Å²) in [6.45, 7) is 2.11. The molecule has 3 rings (SSSR count). The summed E-state index contributed by atoms with van der Waals surface area (Å²) in [5.74, 6) is 1.20. The molecule has 0 amide bonds. The van der Waals surface area contributed by atoms with E-state index in [0.29, 0.717) is 5.92 Å². The van der Waals surface area contributed by atoms with Gasteiger partial charge in [-0.2, -0.15) is 0 Å². The van der Waals surface area contributed by atoms with Crippen LogP contribution < -0.4 is 0 Å². The Hall–Kier alpha value is -1.25. The summed E-state index contributed by atoms with van der Waals surface area (Å²) in [7, 11) is 0. The lowest BCUT2D eigenvalue weighted by Gasteiger charge is -2.22. The van der Waals surface area contributed by atoms with Crippen molar-refractivity contribution in [1.29, 1.82) is 0 Å². The van der Waals surface area contributed by atoms with Gasteiger partial charge in [0.2, 0.25) is 0 Å². The zero-order chi connectivity index (χ0) is 11.2. The van der Waals surface area contributed by atoms with Gasteiger partial charge in [0, 0.05) is 5.41 Å². The van der Waals surface area contributed by atoms with E-state index in [1.165, 1.54) is 25.2 Å². The minimum Gasteiger partial charge on any atom is -0.238 e. The molecule has 3 heteroatoms. The smallest absolute Gasteiger partial charge is 0.159 e. The summed E-state index contributed by atoms with van der Waals surface area (Å²) in [4.78, 5) is 8.32. The van der Waals surface area contributed by atoms with Gasteiger partial charge in [0.25, 0.3) is 0 Å². The molecule has 2 nitrogen and oxygen atoms in total. The highest BCUT2D eigenvalue weighted by Gasteiger charge is 2.58. The molecule has 2 aliphatic carbocycles. The molecule has 1 aromatic heterocycles. The van der Waals surface area contributed by atoms with Crippen LogP contribution in [0.5, 0.6) is 0 Å². The molecule has 0 radical (unpaired) electrons. The topological polar surface area (TPSA) is 25.8 Å². The van der Waals surface area contributed by atoms with E-state index in [1.54, 1.807) is 5.57 Å². The number of hydrogen-bond acceptors (Lipinski definition) is 2. The average Bonchev–Trinajstić information content (AvgIpc) is 3.04. The van der Waals surface area contributed by atoms with Gasteiger partial charge in [0.15, 0.2) is 5.82 Å². The van der Waals surface area contributed by atoms with Crippen LogP contribution in [0.1, 0.15) is 38.4 Å². The maximum atomic E-state index is 12.8. The van der Waals surface area contributed by atoms with Crippen molar-refractivity contribution in [3.05, 3.63) is 35.7 Å². The lowest BCUT2D eigenvalue weighted by atomic mass is 9.84. The first kappa shape index (κ1) is 9.94. The standard InChI is InChI=1S/C13H15FN2/c1-2-9-3-4-13(6-10(13)5-9)12-15-7-11(14)8-16-12/h2,7-8,10H,3-6H2,1H3/b9-2+. The number of rotatable bonds is 1. The van der Waals surface area contributed by atoms with Crippen molar-refractivity contribution in [2.24, 2.45) is 5.92 Å². The van der Waals surface area contributed by atoms with E-state index in [1.807, 2.05) is 0 Å². The molecule has 0 saturated heterocycles. The van der Waals surface area contributed by atoms with Gasteiger partial charge in [-0.05, 0) is 38.5 Å². The summed E-state index contributed by atoms with van der Waals surface area (Å²) < 4.78 is 12.8. The van der Waals surface area contributed by atoms with Crippen molar-refractivity contribution in [3.63, 3.8) is 0 Å². The second-order valence-electron chi connectivity index (χ2n) is 4.93. The average molecular weight is 218 g/mol. The Labute approximate surface area is 94.6 Å². The van der Waals surface area contributed by atoms with E-state index in [9.17, 15) is 4.39 Å². The van der Waals surface area contributed by atoms with Gasteiger partial charge < -0.3 is 0 Å². The van der Waals surface area contributed by atoms with E-state index in [2.05, 4.69) is 23.0 Å². The lowest BCUT2D eigenvalue weighted by molar-refractivity contribution is 0.468. The summed E-state index contributed by atoms with van der Waals surface area (Å²) >= 11 is 0. The van der Waals surface area contributed by atoms with Crippen molar-refractivity contribution in [1.82, 2.24) is 9.97 Å². The van der Waals surface area contributed by atoms with Crippen LogP contribution in [0.25, 0.3) is 0 Å². The van der Waals surface area contributed by atoms with Gasteiger partial charge in [-0.1, -0.05) is 11.6 Å². The Kier molecular flexibility index (Phi) is 2.09. The molecule has 0 aliphatic heterocycles. The maximum Gasteiger partial charge on any atom is 0.159 e. The van der Waals surface area contributed by atoms with E-state index >= 15 is 0 Å². The Morgan fingerprint density at radius 2 is 2.19 bits per heavy atom. The monoisotopic (exact) mass is 218 g/mol. The van der Waals surface area contributed by atoms with Gasteiger partial charge in [0.1, 0.15) is 5.82 Å². The fourth-order valence-corrected chi connectivity index (χ4v) is 2.97. The minimum atomic E-state index is -0.345. The van der Waals surface area contributed by atoms with Crippen LogP contribution in [0.4, 0.5) is 4.39 Å². The van der Waals surface area contributed by atoms with Crippen LogP contribution in [0.2, 0.25) is 0 Å². The van der Waals surface area contributed by atoms with Gasteiger partial charge >= 0.3 is 0 Å². The van der Waals surface area contributed by atoms with E-state index in [0.717, 1.165) is 18.7 Å². The molecule has 2 saturated carbocycles. The number of fused-ring (bicyclic) bond motifs is 1. The molecular formula is C13H15FN2. The first-order chi connectivity index (χ1) is 7.74. The van der Waals surface area contributed by atoms with Crippen molar-refractivity contribution >= 4 is 0 Å². The van der Waals surface area contributed by atoms with Gasteiger partial charge in [-0.25, -0.2) is 14.4 Å². The fourth-order valence-electron chi connectivity index (χ4n) is 2.97. The number of nitrogens with zero attached hydrogens (tertiary/aromatic N) is 2. The zero-order valence-electron chi connectivity index (χ0n) is 9.41. The molecule has 0 spiro atoms. The molecule has 84 valence electrons. The van der Waals surface area contributed by atoms with E-state index in [4.69, 9.17) is 0 Å². The second-order valence-corrected chi connectivity index (χ2v) is 4.93. The third kappa shape index (κ3) is 1.38. The van der Waals surface area contributed by atoms with E-state index in [-0.39, 0.29) is 11.2 Å². The molecule has 2 atom stereocenters. The maximum absolute atomic E-state index is 12.8. The highest BCUT2D eigenvalue weighted by molar-refractivity contribution is 5.29. The third-order valence-electron chi connectivity index (χ3n) is 4.11. The molecule has 2 unspecified atom stereocenters. The molecule has 0 N–H and O–H groups in total. The lowest BCUT2D eigenvalue weighted by Crippen LogP contribution is -2.18. The molecule has 2 aliphatic rings. The third-order valence-corrected chi connectivity index (χ3v) is 4.11. The number of hydrogen-bond donors (Lipinski definition) is 0. The predicted octanol–water partition coefficient (Wildman–Crippen LogP) is 3.00. The van der Waals surface area contributed by atoms with Crippen LogP contribution in [-0.4, -0.2) is 9.97 Å². The fraction of sp³-hybridized carbons (Fsp3) is 0.538. The van der Waals surface area contributed by atoms with E-state index < -0.39 is 0 Å². The number of aromatic nitrogens is 2. The Morgan fingerprint density at radius 3 is 2.81 bits per heavy atom. The van der Waals surface area contributed by atoms with Gasteiger partial charge in [0.05, 0.1) is 12.4 Å². The Balaban J connectivity index is 1.85. The van der Waals surface area contributed by atoms with Crippen LogP contribution in [-0.2, 0) is 5.41 Å². The highest BCUT2D eigenvalue weighted by atomic mass is 19.1. The molecular weight excluding hydrogens is 203 g/mol. The first-order valence-corrected chi connectivity index (χ1v) is 5.87. The number of halogens is 1. The molecule has 0 aromatic carbocycles. The van der Waals surface area contributed by atoms with Crippen molar-refractivity contribution in [2.45, 2.75) is 38.0 Å². The minimum absolute atomic E-state index is 0.181. The Morgan fingerprint density at radius 1 is 1.44 bits per heavy atom. The summed E-state index contributed by atoms with van der Waals surface area (Å²) in [5, 5.41) is 0.